The Bertz CT molecular complexity index is 160. The van der Waals surface area contributed by atoms with Crippen LogP contribution in [0.25, 0.3) is 0 Å². The van der Waals surface area contributed by atoms with Crippen molar-refractivity contribution in [3.05, 3.63) is 0 Å². The number of alkyl halides is 3. The molecule has 1 aliphatic carbocycles. The summed E-state index contributed by atoms with van der Waals surface area (Å²) in [6.07, 6.45) is -1.32. The molecule has 5 heteroatoms. The summed E-state index contributed by atoms with van der Waals surface area (Å²) >= 11 is 0. The van der Waals surface area contributed by atoms with E-state index in [1.54, 1.807) is 0 Å². The number of ether oxygens (including phenoxy) is 1. The molecule has 0 heterocycles. The molecule has 0 aliphatic heterocycles. The van der Waals surface area contributed by atoms with Crippen LogP contribution in [0.1, 0.15) is 25.7 Å². The minimum Gasteiger partial charge on any atom is -0.367 e. The fourth-order valence-electron chi connectivity index (χ4n) is 1.53. The van der Waals surface area contributed by atoms with Gasteiger partial charge in [0.1, 0.15) is 6.61 Å². The number of rotatable bonds is 2. The maximum atomic E-state index is 11.8. The lowest BCUT2D eigenvalue weighted by Gasteiger charge is -2.28. The molecule has 78 valence electrons. The fourth-order valence-corrected chi connectivity index (χ4v) is 1.53. The third kappa shape index (κ3) is 3.95. The van der Waals surface area contributed by atoms with Crippen molar-refractivity contribution >= 4 is 0 Å². The van der Waals surface area contributed by atoms with Gasteiger partial charge in [-0.15, -0.1) is 0 Å². The predicted molar refractivity (Wildman–Crippen MR) is 42.2 cm³/mol. The van der Waals surface area contributed by atoms with Crippen LogP contribution in [0.5, 0.6) is 0 Å². The number of halogens is 3. The van der Waals surface area contributed by atoms with Crippen LogP contribution in [0, 0.1) is 0 Å². The standard InChI is InChI=1S/C8H14F3NO/c9-8(10,11)5-13-7-4-2-1-3-6(7)12/h6-7H,1-5,12H2/t6-,7+/m0/s1. The first-order chi connectivity index (χ1) is 5.99. The summed E-state index contributed by atoms with van der Waals surface area (Å²) in [4.78, 5) is 0. The zero-order valence-corrected chi connectivity index (χ0v) is 7.31. The smallest absolute Gasteiger partial charge is 0.367 e. The van der Waals surface area contributed by atoms with Crippen LogP contribution in [0.3, 0.4) is 0 Å². The largest absolute Gasteiger partial charge is 0.411 e. The second kappa shape index (κ2) is 4.28. The van der Waals surface area contributed by atoms with Gasteiger partial charge in [-0.2, -0.15) is 13.2 Å². The average Bonchev–Trinajstić information content (AvgIpc) is 2.01. The Morgan fingerprint density at radius 3 is 2.38 bits per heavy atom. The Hall–Kier alpha value is -0.290. The van der Waals surface area contributed by atoms with Gasteiger partial charge in [-0.3, -0.25) is 0 Å². The SMILES string of the molecule is N[C@H]1CCCC[C@H]1OCC(F)(F)F. The van der Waals surface area contributed by atoms with Gasteiger partial charge in [-0.25, -0.2) is 0 Å². The highest BCUT2D eigenvalue weighted by molar-refractivity contribution is 4.78. The van der Waals surface area contributed by atoms with E-state index in [1.165, 1.54) is 0 Å². The quantitative estimate of drug-likeness (QED) is 0.733. The first kappa shape index (κ1) is 10.8. The normalized spacial score (nSPS) is 30.5. The molecular weight excluding hydrogens is 183 g/mol. The molecule has 0 aromatic carbocycles. The molecule has 2 nitrogen and oxygen atoms in total. The van der Waals surface area contributed by atoms with Crippen molar-refractivity contribution in [3.8, 4) is 0 Å². The van der Waals surface area contributed by atoms with Crippen molar-refractivity contribution in [3.63, 3.8) is 0 Å². The summed E-state index contributed by atoms with van der Waals surface area (Å²) < 4.78 is 40.0. The van der Waals surface area contributed by atoms with Crippen molar-refractivity contribution in [1.82, 2.24) is 0 Å². The summed E-state index contributed by atoms with van der Waals surface area (Å²) in [6.45, 7) is -1.18. The van der Waals surface area contributed by atoms with Crippen molar-refractivity contribution in [2.45, 2.75) is 44.0 Å². The molecule has 0 unspecified atom stereocenters. The zero-order chi connectivity index (χ0) is 9.90. The van der Waals surface area contributed by atoms with Gasteiger partial charge in [0.15, 0.2) is 0 Å². The first-order valence-corrected chi connectivity index (χ1v) is 4.43. The Morgan fingerprint density at radius 2 is 1.85 bits per heavy atom. The highest BCUT2D eigenvalue weighted by Gasteiger charge is 2.31. The van der Waals surface area contributed by atoms with E-state index in [2.05, 4.69) is 0 Å². The van der Waals surface area contributed by atoms with Gasteiger partial charge in [0, 0.05) is 6.04 Å². The molecule has 0 radical (unpaired) electrons. The molecule has 0 spiro atoms. The van der Waals surface area contributed by atoms with E-state index in [-0.39, 0.29) is 6.04 Å². The minimum atomic E-state index is -4.24. The lowest BCUT2D eigenvalue weighted by molar-refractivity contribution is -0.189. The lowest BCUT2D eigenvalue weighted by Crippen LogP contribution is -2.41. The Kier molecular flexibility index (Phi) is 3.55. The van der Waals surface area contributed by atoms with Crippen LogP contribution >= 0.6 is 0 Å². The molecule has 0 bridgehead atoms. The summed E-state index contributed by atoms with van der Waals surface area (Å²) in [5.74, 6) is 0. The van der Waals surface area contributed by atoms with E-state index >= 15 is 0 Å². The molecule has 0 amide bonds. The van der Waals surface area contributed by atoms with Crippen molar-refractivity contribution in [2.75, 3.05) is 6.61 Å². The van der Waals surface area contributed by atoms with E-state index in [0.29, 0.717) is 6.42 Å². The second-order valence-electron chi connectivity index (χ2n) is 3.41. The van der Waals surface area contributed by atoms with Gasteiger partial charge >= 0.3 is 6.18 Å². The van der Waals surface area contributed by atoms with Gasteiger partial charge in [-0.1, -0.05) is 12.8 Å². The van der Waals surface area contributed by atoms with Crippen LogP contribution in [-0.2, 0) is 4.74 Å². The average molecular weight is 197 g/mol. The molecular formula is C8H14F3NO. The van der Waals surface area contributed by atoms with Gasteiger partial charge in [0.2, 0.25) is 0 Å². The van der Waals surface area contributed by atoms with Crippen LogP contribution in [0.4, 0.5) is 13.2 Å². The molecule has 2 atom stereocenters. The maximum absolute atomic E-state index is 11.8. The highest BCUT2D eigenvalue weighted by atomic mass is 19.4. The van der Waals surface area contributed by atoms with Crippen molar-refractivity contribution < 1.29 is 17.9 Å². The molecule has 1 rings (SSSR count). The summed E-state index contributed by atoms with van der Waals surface area (Å²) in [7, 11) is 0. The fraction of sp³-hybridized carbons (Fsp3) is 1.00. The summed E-state index contributed by atoms with van der Waals surface area (Å²) in [5, 5.41) is 0. The minimum absolute atomic E-state index is 0.226. The van der Waals surface area contributed by atoms with Crippen molar-refractivity contribution in [1.29, 1.82) is 0 Å². The molecule has 0 aromatic heterocycles. The topological polar surface area (TPSA) is 35.2 Å². The molecule has 1 aliphatic rings. The zero-order valence-electron chi connectivity index (χ0n) is 7.31. The highest BCUT2D eigenvalue weighted by Crippen LogP contribution is 2.22. The molecule has 1 fully saturated rings. The van der Waals surface area contributed by atoms with Gasteiger partial charge in [0.05, 0.1) is 6.10 Å². The molecule has 2 N–H and O–H groups in total. The third-order valence-corrected chi connectivity index (χ3v) is 2.21. The Morgan fingerprint density at radius 1 is 1.23 bits per heavy atom. The van der Waals surface area contributed by atoms with Crippen LogP contribution in [0.2, 0.25) is 0 Å². The van der Waals surface area contributed by atoms with Gasteiger partial charge < -0.3 is 10.5 Å². The van der Waals surface area contributed by atoms with Crippen LogP contribution in [-0.4, -0.2) is 24.9 Å². The predicted octanol–water partition coefficient (Wildman–Crippen LogP) is 1.84. The van der Waals surface area contributed by atoms with Crippen molar-refractivity contribution in [2.24, 2.45) is 5.73 Å². The monoisotopic (exact) mass is 197 g/mol. The lowest BCUT2D eigenvalue weighted by atomic mass is 9.93. The van der Waals surface area contributed by atoms with Gasteiger partial charge in [-0.05, 0) is 12.8 Å². The Labute approximate surface area is 75.2 Å². The van der Waals surface area contributed by atoms with E-state index in [9.17, 15) is 13.2 Å². The number of hydrogen-bond donors (Lipinski definition) is 1. The number of hydrogen-bond acceptors (Lipinski definition) is 2. The summed E-state index contributed by atoms with van der Waals surface area (Å²) in [5.41, 5.74) is 5.62. The van der Waals surface area contributed by atoms with E-state index < -0.39 is 18.9 Å². The van der Waals surface area contributed by atoms with Crippen LogP contribution in [0.15, 0.2) is 0 Å². The second-order valence-corrected chi connectivity index (χ2v) is 3.41. The van der Waals surface area contributed by atoms with Crippen LogP contribution < -0.4 is 5.73 Å². The number of nitrogens with two attached hydrogens (primary N) is 1. The maximum Gasteiger partial charge on any atom is 0.411 e. The third-order valence-electron chi connectivity index (χ3n) is 2.21. The van der Waals surface area contributed by atoms with E-state index in [4.69, 9.17) is 10.5 Å². The van der Waals surface area contributed by atoms with E-state index in [0.717, 1.165) is 19.3 Å². The van der Waals surface area contributed by atoms with E-state index in [1.807, 2.05) is 0 Å². The Balaban J connectivity index is 2.27. The molecule has 0 saturated heterocycles. The molecule has 13 heavy (non-hydrogen) atoms. The molecule has 0 aromatic rings. The first-order valence-electron chi connectivity index (χ1n) is 4.43. The molecule has 1 saturated carbocycles. The summed E-state index contributed by atoms with van der Waals surface area (Å²) in [6, 6.07) is -0.226. The van der Waals surface area contributed by atoms with Gasteiger partial charge in [0.25, 0.3) is 0 Å².